The lowest BCUT2D eigenvalue weighted by atomic mass is 9.86. The standard InChI is InChI=1S/C29H41F2N5O/c1-19(2)27-34-33-20(3)36(27)25-17-23-9-10-24(18-25)35(23)16-13-26(21-7-5-4-6-8-21)32-28(37)22-11-14-29(30,31)15-12-22/h4-8,19,22-26H,9-18H2,1-3H3,(H,32,37)/t23?,24?,25?,26-/m0/s1/i13D2,16D2. The Bertz CT molecular complexity index is 1220. The van der Waals surface area contributed by atoms with E-state index in [2.05, 4.69) is 33.9 Å². The van der Waals surface area contributed by atoms with Crippen molar-refractivity contribution in [1.29, 1.82) is 0 Å². The van der Waals surface area contributed by atoms with E-state index in [0.717, 1.165) is 24.5 Å². The highest BCUT2D eigenvalue weighted by atomic mass is 19.3. The second-order valence-corrected chi connectivity index (χ2v) is 11.3. The molecule has 2 unspecified atom stereocenters. The number of hydrogen-bond acceptors (Lipinski definition) is 4. The monoisotopic (exact) mass is 517 g/mol. The van der Waals surface area contributed by atoms with Gasteiger partial charge in [-0.1, -0.05) is 44.2 Å². The Kier molecular flexibility index (Phi) is 6.29. The van der Waals surface area contributed by atoms with E-state index in [1.165, 1.54) is 0 Å². The van der Waals surface area contributed by atoms with Crippen LogP contribution in [-0.2, 0) is 4.79 Å². The van der Waals surface area contributed by atoms with Crippen LogP contribution in [0.4, 0.5) is 8.78 Å². The van der Waals surface area contributed by atoms with Crippen LogP contribution in [-0.4, -0.2) is 50.1 Å². The molecule has 8 heteroatoms. The van der Waals surface area contributed by atoms with Gasteiger partial charge in [-0.05, 0) is 57.4 Å². The molecule has 2 aliphatic heterocycles. The maximum absolute atomic E-state index is 13.7. The van der Waals surface area contributed by atoms with Crippen molar-refractivity contribution in [1.82, 2.24) is 25.0 Å². The van der Waals surface area contributed by atoms with E-state index in [9.17, 15) is 19.1 Å². The Balaban J connectivity index is 1.40. The highest BCUT2D eigenvalue weighted by Crippen LogP contribution is 2.42. The van der Waals surface area contributed by atoms with E-state index >= 15 is 0 Å². The number of carbonyl (C=O) groups excluding carboxylic acids is 1. The highest BCUT2D eigenvalue weighted by molar-refractivity contribution is 5.79. The average Bonchev–Trinajstić information content (AvgIpc) is 3.44. The topological polar surface area (TPSA) is 63.1 Å². The third-order valence-corrected chi connectivity index (χ3v) is 8.33. The van der Waals surface area contributed by atoms with Crippen LogP contribution >= 0.6 is 0 Å². The molecule has 2 saturated heterocycles. The molecule has 1 N–H and O–H groups in total. The van der Waals surface area contributed by atoms with Gasteiger partial charge in [-0.2, -0.15) is 0 Å². The van der Waals surface area contributed by atoms with Gasteiger partial charge < -0.3 is 9.88 Å². The smallest absolute Gasteiger partial charge is 0.248 e. The molecule has 3 atom stereocenters. The van der Waals surface area contributed by atoms with Gasteiger partial charge in [0.2, 0.25) is 11.8 Å². The lowest BCUT2D eigenvalue weighted by molar-refractivity contribution is -0.130. The maximum atomic E-state index is 13.7. The van der Waals surface area contributed by atoms with Gasteiger partial charge in [0.1, 0.15) is 11.6 Å². The molecule has 1 aliphatic carbocycles. The predicted octanol–water partition coefficient (Wildman–Crippen LogP) is 5.95. The quantitative estimate of drug-likeness (QED) is 0.470. The van der Waals surface area contributed by atoms with Gasteiger partial charge in [0.05, 0.1) is 6.04 Å². The van der Waals surface area contributed by atoms with Crippen LogP contribution in [0.1, 0.15) is 112 Å². The van der Waals surface area contributed by atoms with Crippen LogP contribution < -0.4 is 5.32 Å². The summed E-state index contributed by atoms with van der Waals surface area (Å²) in [6.07, 6.45) is -0.404. The van der Waals surface area contributed by atoms with Gasteiger partial charge in [0.25, 0.3) is 0 Å². The molecular formula is C29H41F2N5O. The van der Waals surface area contributed by atoms with E-state index < -0.39 is 36.7 Å². The second kappa shape index (κ2) is 10.8. The fraction of sp³-hybridized carbons (Fsp3) is 0.690. The molecule has 3 fully saturated rings. The van der Waals surface area contributed by atoms with Crippen molar-refractivity contribution in [3.05, 3.63) is 47.5 Å². The molecule has 0 radical (unpaired) electrons. The lowest BCUT2D eigenvalue weighted by Gasteiger charge is -2.40. The molecule has 6 nitrogen and oxygen atoms in total. The van der Waals surface area contributed by atoms with Crippen molar-refractivity contribution in [2.45, 2.75) is 115 Å². The number of aromatic nitrogens is 3. The summed E-state index contributed by atoms with van der Waals surface area (Å²) < 4.78 is 66.7. The SMILES string of the molecule is [2H]C([2H])([C@H](NC(=O)C1CCC(F)(F)CC1)c1ccccc1)C([2H])([2H])N1C2CCC1CC(n1c(C)nnc1C(C)C)C2. The Morgan fingerprint density at radius 3 is 2.35 bits per heavy atom. The predicted molar refractivity (Wildman–Crippen MR) is 139 cm³/mol. The number of amides is 1. The minimum Gasteiger partial charge on any atom is -0.349 e. The number of nitrogens with one attached hydrogen (secondary N) is 1. The van der Waals surface area contributed by atoms with E-state index in [1.54, 1.807) is 35.2 Å². The van der Waals surface area contributed by atoms with Crippen molar-refractivity contribution < 1.29 is 19.1 Å². The lowest BCUT2D eigenvalue weighted by Crippen LogP contribution is -2.45. The number of rotatable bonds is 8. The fourth-order valence-corrected chi connectivity index (χ4v) is 6.32. The number of alkyl halides is 2. The number of halogens is 2. The normalized spacial score (nSPS) is 29.3. The first-order chi connectivity index (χ1) is 19.2. The Morgan fingerprint density at radius 1 is 1.08 bits per heavy atom. The molecule has 3 heterocycles. The van der Waals surface area contributed by atoms with Crippen LogP contribution in [0, 0.1) is 12.8 Å². The van der Waals surface area contributed by atoms with Crippen molar-refractivity contribution in [3.8, 4) is 0 Å². The zero-order chi connectivity index (χ0) is 29.7. The zero-order valence-electron chi connectivity index (χ0n) is 26.0. The second-order valence-electron chi connectivity index (χ2n) is 11.3. The number of hydrogen-bond donors (Lipinski definition) is 1. The van der Waals surface area contributed by atoms with Crippen LogP contribution in [0.15, 0.2) is 30.3 Å². The largest absolute Gasteiger partial charge is 0.349 e. The van der Waals surface area contributed by atoms with Crippen molar-refractivity contribution >= 4 is 5.91 Å². The highest BCUT2D eigenvalue weighted by Gasteiger charge is 2.42. The van der Waals surface area contributed by atoms with E-state index in [-0.39, 0.29) is 49.7 Å². The van der Waals surface area contributed by atoms with Gasteiger partial charge in [0, 0.05) is 54.8 Å². The van der Waals surface area contributed by atoms with E-state index in [1.807, 2.05) is 6.92 Å². The van der Waals surface area contributed by atoms with Gasteiger partial charge >= 0.3 is 0 Å². The number of fused-ring (bicyclic) bond motifs is 2. The molecule has 1 amide bonds. The van der Waals surface area contributed by atoms with Crippen molar-refractivity contribution in [3.63, 3.8) is 0 Å². The number of aryl methyl sites for hydroxylation is 1. The Labute approximate surface area is 224 Å². The Morgan fingerprint density at radius 2 is 1.73 bits per heavy atom. The molecule has 2 aromatic rings. The molecule has 3 aliphatic rings. The third kappa shape index (κ3) is 5.74. The molecule has 1 aromatic carbocycles. The number of piperidine rings is 1. The van der Waals surface area contributed by atoms with Gasteiger partial charge in [0.15, 0.2) is 0 Å². The fourth-order valence-electron chi connectivity index (χ4n) is 6.32. The number of nitrogens with zero attached hydrogens (tertiary/aromatic N) is 4. The summed E-state index contributed by atoms with van der Waals surface area (Å²) in [5.74, 6) is -2.01. The average molecular weight is 518 g/mol. The summed E-state index contributed by atoms with van der Waals surface area (Å²) in [4.78, 5) is 15.0. The van der Waals surface area contributed by atoms with E-state index in [4.69, 9.17) is 0 Å². The summed E-state index contributed by atoms with van der Waals surface area (Å²) in [6.45, 7) is 3.67. The summed E-state index contributed by atoms with van der Waals surface area (Å²) in [5.41, 5.74) is 0.444. The molecule has 2 bridgehead atoms. The van der Waals surface area contributed by atoms with Crippen LogP contribution in [0.5, 0.6) is 0 Å². The minimum absolute atomic E-state index is 0.0226. The Hall–Kier alpha value is -2.35. The zero-order valence-corrected chi connectivity index (χ0v) is 22.0. The molecule has 37 heavy (non-hydrogen) atoms. The first-order valence-electron chi connectivity index (χ1n) is 15.7. The number of carbonyl (C=O) groups is 1. The van der Waals surface area contributed by atoms with Crippen LogP contribution in [0.2, 0.25) is 0 Å². The minimum atomic E-state index is -2.78. The number of benzene rings is 1. The van der Waals surface area contributed by atoms with Crippen LogP contribution in [0.25, 0.3) is 0 Å². The summed E-state index contributed by atoms with van der Waals surface area (Å²) in [5, 5.41) is 11.5. The summed E-state index contributed by atoms with van der Waals surface area (Å²) in [7, 11) is 0. The van der Waals surface area contributed by atoms with Crippen molar-refractivity contribution in [2.75, 3.05) is 6.50 Å². The molecule has 5 rings (SSSR count). The first-order valence-corrected chi connectivity index (χ1v) is 13.7. The maximum Gasteiger partial charge on any atom is 0.248 e. The van der Waals surface area contributed by atoms with Crippen molar-refractivity contribution in [2.24, 2.45) is 5.92 Å². The molecule has 202 valence electrons. The van der Waals surface area contributed by atoms with Crippen LogP contribution in [0.3, 0.4) is 0 Å². The third-order valence-electron chi connectivity index (χ3n) is 8.33. The summed E-state index contributed by atoms with van der Waals surface area (Å²) in [6, 6.07) is 7.03. The van der Waals surface area contributed by atoms with Gasteiger partial charge in [-0.3, -0.25) is 9.69 Å². The molecule has 1 saturated carbocycles. The molecular weight excluding hydrogens is 472 g/mol. The van der Waals surface area contributed by atoms with Gasteiger partial charge in [-0.15, -0.1) is 10.2 Å². The molecule has 0 spiro atoms. The van der Waals surface area contributed by atoms with E-state index in [0.29, 0.717) is 18.4 Å². The molecule has 1 aromatic heterocycles. The summed E-state index contributed by atoms with van der Waals surface area (Å²) >= 11 is 0. The van der Waals surface area contributed by atoms with Gasteiger partial charge in [-0.25, -0.2) is 8.78 Å². The first kappa shape index (κ1) is 21.6.